The van der Waals surface area contributed by atoms with Gasteiger partial charge in [0.15, 0.2) is 0 Å². The second kappa shape index (κ2) is 5.58. The van der Waals surface area contributed by atoms with Crippen LogP contribution in [0.15, 0.2) is 12.1 Å². The van der Waals surface area contributed by atoms with Crippen LogP contribution >= 0.6 is 11.6 Å². The first-order chi connectivity index (χ1) is 7.58. The van der Waals surface area contributed by atoms with Crippen molar-refractivity contribution in [2.75, 3.05) is 7.11 Å². The lowest BCUT2D eigenvalue weighted by Gasteiger charge is -2.08. The summed E-state index contributed by atoms with van der Waals surface area (Å²) in [5.41, 5.74) is 2.62. The maximum atomic E-state index is 11.2. The topological polar surface area (TPSA) is 26.3 Å². The molecule has 0 aliphatic rings. The summed E-state index contributed by atoms with van der Waals surface area (Å²) in [6, 6.07) is 3.68. The first-order valence-corrected chi connectivity index (χ1v) is 5.25. The number of aryl methyl sites for hydroxylation is 1. The van der Waals surface area contributed by atoms with Crippen LogP contribution < -0.4 is 0 Å². The summed E-state index contributed by atoms with van der Waals surface area (Å²) in [5, 5.41) is 0.558. The molecule has 0 amide bonds. The number of carbonyl (C=O) groups excluding carboxylic acids is 1. The van der Waals surface area contributed by atoms with Crippen LogP contribution in [0.25, 0.3) is 0 Å². The molecule has 84 valence electrons. The molecule has 1 aromatic rings. The predicted octanol–water partition coefficient (Wildman–Crippen LogP) is 2.74. The lowest BCUT2D eigenvalue weighted by molar-refractivity contribution is -0.139. The second-order valence-corrected chi connectivity index (χ2v) is 3.79. The number of carbonyl (C=O) groups is 1. The second-order valence-electron chi connectivity index (χ2n) is 3.38. The Morgan fingerprint density at radius 1 is 1.50 bits per heavy atom. The number of halogens is 1. The Kier molecular flexibility index (Phi) is 4.39. The molecule has 0 saturated carbocycles. The Labute approximate surface area is 101 Å². The minimum atomic E-state index is -0.292. The van der Waals surface area contributed by atoms with Gasteiger partial charge in [0.2, 0.25) is 0 Å². The van der Waals surface area contributed by atoms with E-state index in [1.807, 2.05) is 13.0 Å². The molecule has 0 bridgehead atoms. The maximum Gasteiger partial charge on any atom is 0.310 e. The average molecular weight is 237 g/mol. The molecule has 0 spiro atoms. The largest absolute Gasteiger partial charge is 0.469 e. The van der Waals surface area contributed by atoms with Crippen molar-refractivity contribution in [2.24, 2.45) is 0 Å². The van der Waals surface area contributed by atoms with Gasteiger partial charge in [-0.1, -0.05) is 17.5 Å². The summed E-state index contributed by atoms with van der Waals surface area (Å²) in [4.78, 5) is 11.2. The third-order valence-electron chi connectivity index (χ3n) is 2.24. The molecule has 16 heavy (non-hydrogen) atoms. The van der Waals surface area contributed by atoms with Gasteiger partial charge in [0.1, 0.15) is 0 Å². The van der Waals surface area contributed by atoms with Crippen molar-refractivity contribution in [3.05, 3.63) is 33.8 Å². The molecule has 0 atom stereocenters. The van der Waals surface area contributed by atoms with Crippen LogP contribution in [0.2, 0.25) is 5.02 Å². The highest BCUT2D eigenvalue weighted by Gasteiger charge is 2.10. The molecular formula is C13H13ClO2. The Morgan fingerprint density at radius 2 is 2.19 bits per heavy atom. The van der Waals surface area contributed by atoms with E-state index in [2.05, 4.69) is 16.6 Å². The van der Waals surface area contributed by atoms with Crippen LogP contribution in [0.1, 0.15) is 23.6 Å². The summed E-state index contributed by atoms with van der Waals surface area (Å²) >= 11 is 6.10. The van der Waals surface area contributed by atoms with E-state index in [1.165, 1.54) is 7.11 Å². The number of methoxy groups -OCH3 is 1. The fourth-order valence-corrected chi connectivity index (χ4v) is 1.76. The number of ether oxygens (including phenoxy) is 1. The third kappa shape index (κ3) is 3.01. The van der Waals surface area contributed by atoms with Gasteiger partial charge in [-0.25, -0.2) is 0 Å². The zero-order valence-corrected chi connectivity index (χ0v) is 10.3. The van der Waals surface area contributed by atoms with Crippen LogP contribution in [0.3, 0.4) is 0 Å². The molecule has 0 N–H and O–H groups in total. The van der Waals surface area contributed by atoms with Gasteiger partial charge >= 0.3 is 5.97 Å². The molecule has 1 rings (SSSR count). The zero-order valence-electron chi connectivity index (χ0n) is 9.56. The van der Waals surface area contributed by atoms with Gasteiger partial charge in [0.05, 0.1) is 13.5 Å². The molecule has 0 aromatic heterocycles. The fourth-order valence-electron chi connectivity index (χ4n) is 1.43. The summed E-state index contributed by atoms with van der Waals surface area (Å²) < 4.78 is 4.62. The Hall–Kier alpha value is -1.46. The summed E-state index contributed by atoms with van der Waals surface area (Å²) in [5.74, 6) is 5.45. The quantitative estimate of drug-likeness (QED) is 0.583. The smallest absolute Gasteiger partial charge is 0.310 e. The molecule has 3 heteroatoms. The molecule has 0 unspecified atom stereocenters. The molecular weight excluding hydrogens is 224 g/mol. The Bertz CT molecular complexity index is 444. The van der Waals surface area contributed by atoms with Crippen LogP contribution in [-0.2, 0) is 16.0 Å². The average Bonchev–Trinajstić information content (AvgIpc) is 2.23. The third-order valence-corrected chi connectivity index (χ3v) is 2.57. The minimum Gasteiger partial charge on any atom is -0.469 e. The molecule has 0 aliphatic heterocycles. The fraction of sp³-hybridized carbons (Fsp3) is 0.308. The van der Waals surface area contributed by atoms with Crippen molar-refractivity contribution in [2.45, 2.75) is 20.3 Å². The lowest BCUT2D eigenvalue weighted by atomic mass is 10.0. The highest BCUT2D eigenvalue weighted by molar-refractivity contribution is 6.31. The van der Waals surface area contributed by atoms with Crippen molar-refractivity contribution >= 4 is 17.6 Å². The summed E-state index contributed by atoms with van der Waals surface area (Å²) in [6.07, 6.45) is 0.195. The molecule has 0 radical (unpaired) electrons. The summed E-state index contributed by atoms with van der Waals surface area (Å²) in [6.45, 7) is 3.68. The highest BCUT2D eigenvalue weighted by atomic mass is 35.5. The van der Waals surface area contributed by atoms with Gasteiger partial charge in [0.25, 0.3) is 0 Å². The van der Waals surface area contributed by atoms with E-state index < -0.39 is 0 Å². The number of esters is 1. The molecule has 1 aromatic carbocycles. The van der Waals surface area contributed by atoms with Gasteiger partial charge in [-0.2, -0.15) is 0 Å². The van der Waals surface area contributed by atoms with E-state index in [0.717, 1.165) is 16.7 Å². The van der Waals surface area contributed by atoms with Gasteiger partial charge in [-0.3, -0.25) is 4.79 Å². The van der Waals surface area contributed by atoms with Gasteiger partial charge in [-0.05, 0) is 37.1 Å². The van der Waals surface area contributed by atoms with Crippen LogP contribution in [-0.4, -0.2) is 13.1 Å². The maximum absolute atomic E-state index is 11.2. The lowest BCUT2D eigenvalue weighted by Crippen LogP contribution is -2.06. The number of hydrogen-bond donors (Lipinski definition) is 0. The van der Waals surface area contributed by atoms with E-state index in [9.17, 15) is 4.79 Å². The van der Waals surface area contributed by atoms with E-state index in [-0.39, 0.29) is 12.4 Å². The van der Waals surface area contributed by atoms with Gasteiger partial charge in [-0.15, -0.1) is 5.92 Å². The molecule has 0 aliphatic carbocycles. The van der Waals surface area contributed by atoms with Crippen LogP contribution in [0.4, 0.5) is 0 Å². The first kappa shape index (κ1) is 12.6. The molecule has 0 fully saturated rings. The monoisotopic (exact) mass is 236 g/mol. The van der Waals surface area contributed by atoms with Gasteiger partial charge in [0, 0.05) is 10.6 Å². The van der Waals surface area contributed by atoms with E-state index in [0.29, 0.717) is 5.02 Å². The standard InChI is InChI=1S/C13H13ClO2/c1-4-5-10-6-9(2)11(12(14)7-10)8-13(15)16-3/h6-7H,8H2,1-3H3. The molecule has 2 nitrogen and oxygen atoms in total. The SMILES string of the molecule is CC#Cc1cc(C)c(CC(=O)OC)c(Cl)c1. The van der Waals surface area contributed by atoms with Crippen molar-refractivity contribution in [1.82, 2.24) is 0 Å². The van der Waals surface area contributed by atoms with E-state index >= 15 is 0 Å². The zero-order chi connectivity index (χ0) is 12.1. The van der Waals surface area contributed by atoms with Crippen LogP contribution in [0.5, 0.6) is 0 Å². The number of rotatable bonds is 2. The van der Waals surface area contributed by atoms with Crippen LogP contribution in [0, 0.1) is 18.8 Å². The van der Waals surface area contributed by atoms with Gasteiger partial charge < -0.3 is 4.74 Å². The van der Waals surface area contributed by atoms with Crippen molar-refractivity contribution in [3.8, 4) is 11.8 Å². The Balaban J connectivity index is 3.10. The predicted molar refractivity (Wildman–Crippen MR) is 64.5 cm³/mol. The number of hydrogen-bond acceptors (Lipinski definition) is 2. The van der Waals surface area contributed by atoms with Crippen molar-refractivity contribution in [3.63, 3.8) is 0 Å². The normalized spacial score (nSPS) is 9.25. The van der Waals surface area contributed by atoms with E-state index in [1.54, 1.807) is 13.0 Å². The van der Waals surface area contributed by atoms with Crippen molar-refractivity contribution < 1.29 is 9.53 Å². The minimum absolute atomic E-state index is 0.195. The first-order valence-electron chi connectivity index (χ1n) is 4.87. The van der Waals surface area contributed by atoms with E-state index in [4.69, 9.17) is 11.6 Å². The molecule has 0 saturated heterocycles. The number of benzene rings is 1. The summed E-state index contributed by atoms with van der Waals surface area (Å²) in [7, 11) is 1.36. The Morgan fingerprint density at radius 3 is 2.69 bits per heavy atom. The molecule has 0 heterocycles. The van der Waals surface area contributed by atoms with Crippen molar-refractivity contribution in [1.29, 1.82) is 0 Å². The highest BCUT2D eigenvalue weighted by Crippen LogP contribution is 2.22.